The number of ether oxygens (including phenoxy) is 3. The molecular weight excluding hydrogens is 612 g/mol. The number of carbonyl (C=O) groups is 1. The predicted octanol–water partition coefficient (Wildman–Crippen LogP) is 6.58. The van der Waals surface area contributed by atoms with Crippen LogP contribution in [0.5, 0.6) is 5.88 Å². The van der Waals surface area contributed by atoms with E-state index in [9.17, 15) is 22.4 Å². The number of pyridine rings is 1. The second kappa shape index (κ2) is 11.7. The van der Waals surface area contributed by atoms with Gasteiger partial charge in [0.25, 0.3) is 0 Å². The maximum Gasteiger partial charge on any atom is 0.421 e. The van der Waals surface area contributed by atoms with Gasteiger partial charge in [0.2, 0.25) is 5.88 Å². The standard InChI is InChI=1S/C29H27ClF4N4O4S/c1-15-25-16(9-20(29(32,33)34)26(36-25)42-14-17-3-4-18(30)10-21(17)31)5-7-37(15)13-24-35-27-22(11-23(43-27)28(39)40-2)38(24)12-19-6-8-41-19/h3-4,9-11,15,19H,5-8,12-14H2,1-2H3/t15-,19-/m0/s1. The van der Waals surface area contributed by atoms with Gasteiger partial charge in [-0.05, 0) is 49.6 Å². The number of carbonyl (C=O) groups excluding carboxylic acids is 1. The molecule has 228 valence electrons. The van der Waals surface area contributed by atoms with Crippen LogP contribution in [0.1, 0.15) is 57.3 Å². The molecule has 6 rings (SSSR count). The van der Waals surface area contributed by atoms with Gasteiger partial charge in [-0.2, -0.15) is 13.2 Å². The molecule has 0 amide bonds. The van der Waals surface area contributed by atoms with Crippen molar-refractivity contribution in [3.05, 3.63) is 74.3 Å². The third kappa shape index (κ3) is 5.95. The zero-order valence-corrected chi connectivity index (χ0v) is 24.8. The fourth-order valence-corrected chi connectivity index (χ4v) is 6.49. The number of alkyl halides is 3. The van der Waals surface area contributed by atoms with Crippen LogP contribution in [0.3, 0.4) is 0 Å². The van der Waals surface area contributed by atoms with Gasteiger partial charge in [-0.1, -0.05) is 17.7 Å². The summed E-state index contributed by atoms with van der Waals surface area (Å²) in [6, 6.07) is 6.37. The van der Waals surface area contributed by atoms with Crippen molar-refractivity contribution in [3.63, 3.8) is 0 Å². The summed E-state index contributed by atoms with van der Waals surface area (Å²) in [5.41, 5.74) is 0.805. The molecule has 2 aliphatic rings. The topological polar surface area (TPSA) is 78.7 Å². The molecule has 8 nitrogen and oxygen atoms in total. The minimum Gasteiger partial charge on any atom is -0.472 e. The van der Waals surface area contributed by atoms with Crippen molar-refractivity contribution in [1.29, 1.82) is 0 Å². The van der Waals surface area contributed by atoms with Crippen LogP contribution in [0, 0.1) is 5.82 Å². The van der Waals surface area contributed by atoms with E-state index >= 15 is 0 Å². The Balaban J connectivity index is 1.29. The van der Waals surface area contributed by atoms with Gasteiger partial charge in [-0.3, -0.25) is 4.90 Å². The maximum absolute atomic E-state index is 14.3. The van der Waals surface area contributed by atoms with E-state index in [0.717, 1.165) is 29.9 Å². The number of fused-ring (bicyclic) bond motifs is 2. The monoisotopic (exact) mass is 638 g/mol. The Kier molecular flexibility index (Phi) is 8.09. The molecule has 14 heteroatoms. The highest BCUT2D eigenvalue weighted by Gasteiger charge is 2.39. The van der Waals surface area contributed by atoms with Crippen molar-refractivity contribution in [2.45, 2.75) is 57.8 Å². The first-order valence-electron chi connectivity index (χ1n) is 13.6. The minimum atomic E-state index is -4.71. The first-order valence-corrected chi connectivity index (χ1v) is 14.8. The number of nitrogens with zero attached hydrogens (tertiary/aromatic N) is 4. The smallest absolute Gasteiger partial charge is 0.421 e. The average Bonchev–Trinajstić information content (AvgIpc) is 3.48. The number of thiophene rings is 1. The Morgan fingerprint density at radius 2 is 2.02 bits per heavy atom. The van der Waals surface area contributed by atoms with E-state index in [-0.39, 0.29) is 22.7 Å². The van der Waals surface area contributed by atoms with Crippen LogP contribution < -0.4 is 4.74 Å². The Labute approximate surface area is 253 Å². The lowest BCUT2D eigenvalue weighted by Gasteiger charge is -2.35. The Morgan fingerprint density at radius 1 is 1.23 bits per heavy atom. The van der Waals surface area contributed by atoms with Crippen molar-refractivity contribution >= 4 is 39.3 Å². The third-order valence-corrected chi connectivity index (χ3v) is 9.07. The molecule has 4 aromatic rings. The molecule has 0 N–H and O–H groups in total. The molecule has 0 bridgehead atoms. The number of rotatable bonds is 8. The average molecular weight is 639 g/mol. The second-order valence-electron chi connectivity index (χ2n) is 10.5. The summed E-state index contributed by atoms with van der Waals surface area (Å²) in [4.78, 5) is 24.5. The van der Waals surface area contributed by atoms with E-state index in [2.05, 4.69) is 9.88 Å². The molecule has 0 spiro atoms. The summed E-state index contributed by atoms with van der Waals surface area (Å²) in [6.07, 6.45) is -3.42. The number of hydrogen-bond donors (Lipinski definition) is 0. The SMILES string of the molecule is COC(=O)c1cc2c(nc(CN3CCc4cc(C(F)(F)F)c(OCc5ccc(Cl)cc5F)nc4[C@@H]3C)n2C[C@@H]2CCO2)s1. The molecule has 1 fully saturated rings. The van der Waals surface area contributed by atoms with Crippen molar-refractivity contribution < 1.29 is 36.6 Å². The lowest BCUT2D eigenvalue weighted by molar-refractivity contribution is -0.139. The van der Waals surface area contributed by atoms with Gasteiger partial charge in [-0.25, -0.2) is 19.2 Å². The van der Waals surface area contributed by atoms with Crippen LogP contribution in [0.2, 0.25) is 5.02 Å². The first-order chi connectivity index (χ1) is 20.5. The second-order valence-corrected chi connectivity index (χ2v) is 12.0. The van der Waals surface area contributed by atoms with Crippen molar-refractivity contribution in [1.82, 2.24) is 19.4 Å². The van der Waals surface area contributed by atoms with Gasteiger partial charge in [-0.15, -0.1) is 11.3 Å². The highest BCUT2D eigenvalue weighted by atomic mass is 35.5. The number of halogens is 5. The summed E-state index contributed by atoms with van der Waals surface area (Å²) in [7, 11) is 1.33. The lowest BCUT2D eigenvalue weighted by Crippen LogP contribution is -2.36. The maximum atomic E-state index is 14.3. The van der Waals surface area contributed by atoms with E-state index in [1.807, 2.05) is 11.5 Å². The van der Waals surface area contributed by atoms with Crippen molar-refractivity contribution in [2.75, 3.05) is 20.3 Å². The molecule has 3 aromatic heterocycles. The van der Waals surface area contributed by atoms with Crippen LogP contribution in [-0.4, -0.2) is 51.8 Å². The number of methoxy groups -OCH3 is 1. The normalized spacial score (nSPS) is 18.9. The van der Waals surface area contributed by atoms with Gasteiger partial charge in [0.15, 0.2) is 0 Å². The summed E-state index contributed by atoms with van der Waals surface area (Å²) in [5, 5.41) is 0.169. The Morgan fingerprint density at radius 3 is 2.70 bits per heavy atom. The summed E-state index contributed by atoms with van der Waals surface area (Å²) in [5.74, 6) is -0.961. The zero-order valence-electron chi connectivity index (χ0n) is 23.2. The van der Waals surface area contributed by atoms with Crippen molar-refractivity contribution in [2.24, 2.45) is 0 Å². The number of benzene rings is 1. The van der Waals surface area contributed by atoms with Gasteiger partial charge >= 0.3 is 12.1 Å². The van der Waals surface area contributed by atoms with Gasteiger partial charge in [0, 0.05) is 23.7 Å². The van der Waals surface area contributed by atoms with E-state index in [0.29, 0.717) is 53.6 Å². The van der Waals surface area contributed by atoms with Crippen LogP contribution in [-0.2, 0) is 41.8 Å². The lowest BCUT2D eigenvalue weighted by atomic mass is 9.97. The molecule has 5 heterocycles. The number of aromatic nitrogens is 3. The van der Waals surface area contributed by atoms with E-state index in [1.54, 1.807) is 6.07 Å². The molecule has 2 aliphatic heterocycles. The zero-order chi connectivity index (χ0) is 30.5. The van der Waals surface area contributed by atoms with Crippen LogP contribution >= 0.6 is 22.9 Å². The van der Waals surface area contributed by atoms with Crippen molar-refractivity contribution in [3.8, 4) is 5.88 Å². The molecule has 2 atom stereocenters. The van der Waals surface area contributed by atoms with E-state index < -0.39 is 36.0 Å². The summed E-state index contributed by atoms with van der Waals surface area (Å²) in [6.45, 7) is 3.57. The predicted molar refractivity (Wildman–Crippen MR) is 151 cm³/mol. The quantitative estimate of drug-likeness (QED) is 0.159. The Bertz CT molecular complexity index is 1690. The van der Waals surface area contributed by atoms with Gasteiger partial charge < -0.3 is 18.8 Å². The van der Waals surface area contributed by atoms with Gasteiger partial charge in [0.1, 0.15) is 33.5 Å². The van der Waals surface area contributed by atoms with E-state index in [4.69, 9.17) is 30.8 Å². The molecule has 1 aromatic carbocycles. The van der Waals surface area contributed by atoms with Crippen LogP contribution in [0.15, 0.2) is 30.3 Å². The molecule has 0 radical (unpaired) electrons. The van der Waals surface area contributed by atoms with Crippen LogP contribution in [0.4, 0.5) is 17.6 Å². The number of esters is 1. The molecular formula is C29H27ClF4N4O4S. The molecule has 1 saturated heterocycles. The summed E-state index contributed by atoms with van der Waals surface area (Å²) >= 11 is 7.04. The fraction of sp³-hybridized carbons (Fsp3) is 0.414. The highest BCUT2D eigenvalue weighted by molar-refractivity contribution is 7.20. The summed E-state index contributed by atoms with van der Waals surface area (Å²) < 4.78 is 74.4. The number of imidazole rings is 1. The minimum absolute atomic E-state index is 0.0322. The van der Waals surface area contributed by atoms with E-state index in [1.165, 1.54) is 30.6 Å². The number of hydrogen-bond acceptors (Lipinski definition) is 8. The first kappa shape index (κ1) is 29.8. The molecule has 43 heavy (non-hydrogen) atoms. The molecule has 0 aliphatic carbocycles. The Hall–Kier alpha value is -3.26. The largest absolute Gasteiger partial charge is 0.472 e. The molecule has 0 unspecified atom stereocenters. The highest BCUT2D eigenvalue weighted by Crippen LogP contribution is 2.40. The molecule has 0 saturated carbocycles. The fourth-order valence-electron chi connectivity index (χ4n) is 5.36. The van der Waals surface area contributed by atoms with Gasteiger partial charge in [0.05, 0.1) is 43.6 Å². The third-order valence-electron chi connectivity index (χ3n) is 7.83. The van der Waals surface area contributed by atoms with Crippen LogP contribution in [0.25, 0.3) is 10.3 Å².